The molecule has 1 unspecified atom stereocenters. The van der Waals surface area contributed by atoms with Gasteiger partial charge in [0.25, 0.3) is 5.91 Å². The van der Waals surface area contributed by atoms with Crippen molar-refractivity contribution in [2.24, 2.45) is 0 Å². The van der Waals surface area contributed by atoms with Crippen molar-refractivity contribution < 1.29 is 19.2 Å². The van der Waals surface area contributed by atoms with E-state index in [2.05, 4.69) is 10.5 Å². The highest BCUT2D eigenvalue weighted by molar-refractivity contribution is 6.31. The van der Waals surface area contributed by atoms with E-state index in [1.165, 1.54) is 0 Å². The van der Waals surface area contributed by atoms with Crippen LogP contribution in [0.2, 0.25) is 5.02 Å². The monoisotopic (exact) mass is 322 g/mol. The van der Waals surface area contributed by atoms with Crippen molar-refractivity contribution in [3.05, 3.63) is 51.9 Å². The predicted octanol–water partition coefficient (Wildman–Crippen LogP) is 2.89. The average Bonchev–Trinajstić information content (AvgIpc) is 2.77. The van der Waals surface area contributed by atoms with E-state index in [0.29, 0.717) is 27.6 Å². The van der Waals surface area contributed by atoms with E-state index in [1.54, 1.807) is 38.1 Å². The third-order valence-corrected chi connectivity index (χ3v) is 3.57. The summed E-state index contributed by atoms with van der Waals surface area (Å²) in [4.78, 5) is 23.4. The molecule has 6 nitrogen and oxygen atoms in total. The Balaban J connectivity index is 2.30. The fraction of sp³-hybridized carbons (Fsp3) is 0.267. The Morgan fingerprint density at radius 1 is 1.36 bits per heavy atom. The lowest BCUT2D eigenvalue weighted by Gasteiger charge is -2.18. The first-order chi connectivity index (χ1) is 10.4. The van der Waals surface area contributed by atoms with Crippen molar-refractivity contribution in [2.75, 3.05) is 0 Å². The third kappa shape index (κ3) is 3.46. The molecule has 22 heavy (non-hydrogen) atoms. The van der Waals surface area contributed by atoms with Crippen molar-refractivity contribution in [2.45, 2.75) is 26.3 Å². The van der Waals surface area contributed by atoms with Crippen molar-refractivity contribution in [3.63, 3.8) is 0 Å². The number of nitrogens with one attached hydrogen (secondary N) is 1. The average molecular weight is 323 g/mol. The zero-order valence-electron chi connectivity index (χ0n) is 12.1. The van der Waals surface area contributed by atoms with Gasteiger partial charge < -0.3 is 14.9 Å². The van der Waals surface area contributed by atoms with E-state index in [0.717, 1.165) is 0 Å². The number of halogens is 1. The predicted molar refractivity (Wildman–Crippen MR) is 79.9 cm³/mol. The third-order valence-electron chi connectivity index (χ3n) is 3.23. The zero-order chi connectivity index (χ0) is 16.3. The summed E-state index contributed by atoms with van der Waals surface area (Å²) < 4.78 is 4.96. The maximum atomic E-state index is 12.4. The molecule has 0 aliphatic carbocycles. The summed E-state index contributed by atoms with van der Waals surface area (Å²) in [5, 5.41) is 15.9. The Bertz CT molecular complexity index is 692. The standard InChI is InChI=1S/C15H15ClN2O4/c1-8-14(9(2)22-18-8)15(21)17-12(7-13(19)20)10-5-3-4-6-11(10)16/h3-6,12H,7H2,1-2H3,(H,17,21)(H,19,20). The molecule has 0 spiro atoms. The molecular weight excluding hydrogens is 308 g/mol. The molecule has 0 saturated carbocycles. The number of aliphatic carboxylic acids is 1. The van der Waals surface area contributed by atoms with Crippen LogP contribution in [0.3, 0.4) is 0 Å². The minimum Gasteiger partial charge on any atom is -0.481 e. The summed E-state index contributed by atoms with van der Waals surface area (Å²) >= 11 is 6.10. The van der Waals surface area contributed by atoms with Gasteiger partial charge in [0.05, 0.1) is 18.2 Å². The number of carboxylic acids is 1. The SMILES string of the molecule is Cc1noc(C)c1C(=O)NC(CC(=O)O)c1ccccc1Cl. The van der Waals surface area contributed by atoms with Crippen molar-refractivity contribution in [3.8, 4) is 0 Å². The molecule has 1 aromatic heterocycles. The second-order valence-corrected chi connectivity index (χ2v) is 5.25. The van der Waals surface area contributed by atoms with Crippen LogP contribution < -0.4 is 5.32 Å². The lowest BCUT2D eigenvalue weighted by molar-refractivity contribution is -0.137. The van der Waals surface area contributed by atoms with E-state index in [9.17, 15) is 9.59 Å². The topological polar surface area (TPSA) is 92.4 Å². The minimum atomic E-state index is -1.04. The van der Waals surface area contributed by atoms with Gasteiger partial charge in [-0.15, -0.1) is 0 Å². The molecule has 0 saturated heterocycles. The van der Waals surface area contributed by atoms with Gasteiger partial charge in [0, 0.05) is 5.02 Å². The molecule has 116 valence electrons. The fourth-order valence-electron chi connectivity index (χ4n) is 2.21. The maximum Gasteiger partial charge on any atom is 0.305 e. The number of carbonyl (C=O) groups excluding carboxylic acids is 1. The summed E-state index contributed by atoms with van der Waals surface area (Å²) in [5.74, 6) is -1.10. The lowest BCUT2D eigenvalue weighted by Crippen LogP contribution is -2.31. The molecule has 2 aromatic rings. The van der Waals surface area contributed by atoms with Crippen LogP contribution >= 0.6 is 11.6 Å². The number of carboxylic acid groups (broad SMARTS) is 1. The van der Waals surface area contributed by atoms with Crippen molar-refractivity contribution >= 4 is 23.5 Å². The number of aromatic nitrogens is 1. The quantitative estimate of drug-likeness (QED) is 0.883. The van der Waals surface area contributed by atoms with Crippen LogP contribution in [0.5, 0.6) is 0 Å². The maximum absolute atomic E-state index is 12.4. The Hall–Kier alpha value is -2.34. The minimum absolute atomic E-state index is 0.279. The molecule has 1 atom stereocenters. The van der Waals surface area contributed by atoms with Gasteiger partial charge in [-0.05, 0) is 25.5 Å². The number of benzene rings is 1. The molecule has 0 aliphatic heterocycles. The van der Waals surface area contributed by atoms with E-state index in [1.807, 2.05) is 0 Å². The molecule has 0 fully saturated rings. The Labute approximate surface area is 132 Å². The number of aryl methyl sites for hydroxylation is 2. The number of nitrogens with zero attached hydrogens (tertiary/aromatic N) is 1. The van der Waals surface area contributed by atoms with Crippen molar-refractivity contribution in [1.29, 1.82) is 0 Å². The first kappa shape index (κ1) is 16.0. The fourth-order valence-corrected chi connectivity index (χ4v) is 2.48. The number of rotatable bonds is 5. The van der Waals surface area contributed by atoms with Crippen LogP contribution in [-0.4, -0.2) is 22.1 Å². The molecule has 0 aliphatic rings. The van der Waals surface area contributed by atoms with Crippen LogP contribution in [-0.2, 0) is 4.79 Å². The highest BCUT2D eigenvalue weighted by atomic mass is 35.5. The zero-order valence-corrected chi connectivity index (χ0v) is 12.8. The summed E-state index contributed by atoms with van der Waals surface area (Å²) in [6.07, 6.45) is -0.279. The summed E-state index contributed by atoms with van der Waals surface area (Å²) in [5.41, 5.74) is 1.30. The summed E-state index contributed by atoms with van der Waals surface area (Å²) in [6, 6.07) is 6.06. The molecule has 2 rings (SSSR count). The second kappa shape index (κ2) is 6.62. The van der Waals surface area contributed by atoms with Crippen LogP contribution in [0.4, 0.5) is 0 Å². The smallest absolute Gasteiger partial charge is 0.305 e. The second-order valence-electron chi connectivity index (χ2n) is 4.84. The Morgan fingerprint density at radius 2 is 2.05 bits per heavy atom. The van der Waals surface area contributed by atoms with Gasteiger partial charge in [0.2, 0.25) is 0 Å². The van der Waals surface area contributed by atoms with Crippen LogP contribution in [0.1, 0.15) is 39.8 Å². The van der Waals surface area contributed by atoms with Gasteiger partial charge in [-0.1, -0.05) is 35.0 Å². The number of hydrogen-bond acceptors (Lipinski definition) is 4. The van der Waals surface area contributed by atoms with Crippen LogP contribution in [0.15, 0.2) is 28.8 Å². The molecule has 0 bridgehead atoms. The van der Waals surface area contributed by atoms with Gasteiger partial charge >= 0.3 is 5.97 Å². The van der Waals surface area contributed by atoms with Crippen LogP contribution in [0, 0.1) is 13.8 Å². The number of amides is 1. The van der Waals surface area contributed by atoms with Crippen molar-refractivity contribution in [1.82, 2.24) is 10.5 Å². The molecule has 0 radical (unpaired) electrons. The highest BCUT2D eigenvalue weighted by Gasteiger charge is 2.24. The molecule has 1 heterocycles. The molecule has 1 aromatic carbocycles. The van der Waals surface area contributed by atoms with Gasteiger partial charge in [0.15, 0.2) is 0 Å². The highest BCUT2D eigenvalue weighted by Crippen LogP contribution is 2.26. The molecule has 2 N–H and O–H groups in total. The molecule has 7 heteroatoms. The number of hydrogen-bond donors (Lipinski definition) is 2. The number of carbonyl (C=O) groups is 2. The van der Waals surface area contributed by atoms with Gasteiger partial charge in [-0.25, -0.2) is 0 Å². The molecule has 1 amide bonds. The van der Waals surface area contributed by atoms with Gasteiger partial charge in [-0.3, -0.25) is 9.59 Å². The Morgan fingerprint density at radius 3 is 2.59 bits per heavy atom. The Kier molecular flexibility index (Phi) is 4.82. The first-order valence-corrected chi connectivity index (χ1v) is 6.98. The lowest BCUT2D eigenvalue weighted by atomic mass is 10.0. The van der Waals surface area contributed by atoms with E-state index in [4.69, 9.17) is 21.2 Å². The van der Waals surface area contributed by atoms with E-state index < -0.39 is 17.9 Å². The first-order valence-electron chi connectivity index (χ1n) is 6.60. The van der Waals surface area contributed by atoms with E-state index in [-0.39, 0.29) is 6.42 Å². The summed E-state index contributed by atoms with van der Waals surface area (Å²) in [6.45, 7) is 3.27. The largest absolute Gasteiger partial charge is 0.481 e. The normalized spacial score (nSPS) is 12.0. The van der Waals surface area contributed by atoms with Gasteiger partial charge in [-0.2, -0.15) is 0 Å². The van der Waals surface area contributed by atoms with E-state index >= 15 is 0 Å². The molecular formula is C15H15ClN2O4. The summed E-state index contributed by atoms with van der Waals surface area (Å²) in [7, 11) is 0. The van der Waals surface area contributed by atoms with Gasteiger partial charge in [0.1, 0.15) is 11.3 Å². The van der Waals surface area contributed by atoms with Crippen LogP contribution in [0.25, 0.3) is 0 Å².